The molecule has 2 aliphatic carbocycles. The number of hydrogen-bond donors (Lipinski definition) is 2. The zero-order valence-electron chi connectivity index (χ0n) is 19.2. The maximum Gasteiger partial charge on any atom is 0.407 e. The molecule has 178 valence electrons. The highest BCUT2D eigenvalue weighted by Crippen LogP contribution is 2.50. The van der Waals surface area contributed by atoms with Crippen LogP contribution in [0.25, 0.3) is 0 Å². The second-order valence-electron chi connectivity index (χ2n) is 10.4. The lowest BCUT2D eigenvalue weighted by molar-refractivity contribution is -0.126. The monoisotopic (exact) mass is 486 g/mol. The van der Waals surface area contributed by atoms with Crippen LogP contribution in [0.1, 0.15) is 84.2 Å². The van der Waals surface area contributed by atoms with Crippen molar-refractivity contribution in [2.75, 3.05) is 0 Å². The summed E-state index contributed by atoms with van der Waals surface area (Å²) in [5, 5.41) is 6.39. The van der Waals surface area contributed by atoms with Gasteiger partial charge in [-0.25, -0.2) is 9.18 Å². The highest BCUT2D eigenvalue weighted by Gasteiger charge is 2.43. The van der Waals surface area contributed by atoms with Gasteiger partial charge in [0.15, 0.2) is 0 Å². The number of hydrogen-bond acceptors (Lipinski definition) is 3. The van der Waals surface area contributed by atoms with E-state index in [4.69, 9.17) is 27.9 Å². The summed E-state index contributed by atoms with van der Waals surface area (Å²) < 4.78 is 20.2. The van der Waals surface area contributed by atoms with E-state index in [0.29, 0.717) is 19.3 Å². The third kappa shape index (κ3) is 5.88. The minimum atomic E-state index is -0.580. The van der Waals surface area contributed by atoms with Crippen LogP contribution in [0.2, 0.25) is 10.0 Å². The molecule has 0 unspecified atom stereocenters. The summed E-state index contributed by atoms with van der Waals surface area (Å²) in [4.78, 5) is 25.3. The van der Waals surface area contributed by atoms with E-state index < -0.39 is 23.6 Å². The molecule has 2 amide bonds. The van der Waals surface area contributed by atoms with Crippen molar-refractivity contribution in [2.24, 2.45) is 11.3 Å². The maximum absolute atomic E-state index is 14.9. The van der Waals surface area contributed by atoms with Crippen LogP contribution in [-0.2, 0) is 9.53 Å². The average Bonchev–Trinajstić information content (AvgIpc) is 3.32. The van der Waals surface area contributed by atoms with E-state index >= 15 is 0 Å². The van der Waals surface area contributed by atoms with Crippen LogP contribution in [0.3, 0.4) is 0 Å². The number of nitrogens with one attached hydrogen (secondary N) is 2. The largest absolute Gasteiger partial charge is 0.444 e. The van der Waals surface area contributed by atoms with Crippen molar-refractivity contribution < 1.29 is 18.7 Å². The summed E-state index contributed by atoms with van der Waals surface area (Å²) in [6.07, 6.45) is 5.14. The smallest absolute Gasteiger partial charge is 0.407 e. The molecule has 0 radical (unpaired) electrons. The van der Waals surface area contributed by atoms with Crippen molar-refractivity contribution in [3.8, 4) is 0 Å². The lowest BCUT2D eigenvalue weighted by atomic mass is 9.76. The summed E-state index contributed by atoms with van der Waals surface area (Å²) in [6.45, 7) is 7.49. The Morgan fingerprint density at radius 2 is 1.84 bits per heavy atom. The van der Waals surface area contributed by atoms with Gasteiger partial charge in [0.1, 0.15) is 11.4 Å². The van der Waals surface area contributed by atoms with Gasteiger partial charge in [0.05, 0.1) is 16.1 Å². The van der Waals surface area contributed by atoms with Crippen molar-refractivity contribution >= 4 is 35.2 Å². The predicted molar refractivity (Wildman–Crippen MR) is 124 cm³/mol. The van der Waals surface area contributed by atoms with Crippen LogP contribution in [-0.4, -0.2) is 23.6 Å². The zero-order valence-corrected chi connectivity index (χ0v) is 20.7. The van der Waals surface area contributed by atoms with Gasteiger partial charge in [-0.05, 0) is 70.4 Å². The van der Waals surface area contributed by atoms with Gasteiger partial charge in [0, 0.05) is 17.5 Å². The first-order chi connectivity index (χ1) is 14.9. The van der Waals surface area contributed by atoms with Crippen LogP contribution < -0.4 is 10.6 Å². The molecular formula is C24H33Cl2FN2O3. The van der Waals surface area contributed by atoms with Crippen molar-refractivity contribution in [1.29, 1.82) is 0 Å². The van der Waals surface area contributed by atoms with Crippen molar-refractivity contribution in [2.45, 2.75) is 90.3 Å². The molecule has 1 aromatic carbocycles. The zero-order chi connectivity index (χ0) is 23.7. The maximum atomic E-state index is 14.9. The fraction of sp³-hybridized carbons (Fsp3) is 0.667. The third-order valence-corrected chi connectivity index (χ3v) is 7.44. The standard InChI is InChI=1S/C24H33Cl2FN2O3/c1-23(2,3)32-22(31)28-15-8-7-14(13-15)21(30)29-20(24(4)11-5-6-12-24)18-17(27)10-9-16(25)19(18)26/h9-10,14-15,20H,5-8,11-13H2,1-4H3,(H,28,31)(H,29,30)/t14-,15-,20-/m1/s1. The predicted octanol–water partition coefficient (Wildman–Crippen LogP) is 6.56. The molecule has 5 nitrogen and oxygen atoms in total. The lowest BCUT2D eigenvalue weighted by Crippen LogP contribution is -2.42. The van der Waals surface area contributed by atoms with Gasteiger partial charge in [0.2, 0.25) is 5.91 Å². The quantitative estimate of drug-likeness (QED) is 0.462. The van der Waals surface area contributed by atoms with Gasteiger partial charge in [-0.2, -0.15) is 0 Å². The normalized spacial score (nSPS) is 23.6. The molecular weight excluding hydrogens is 454 g/mol. The van der Waals surface area contributed by atoms with Crippen LogP contribution in [0.4, 0.5) is 9.18 Å². The molecule has 32 heavy (non-hydrogen) atoms. The highest BCUT2D eigenvalue weighted by atomic mass is 35.5. The minimum Gasteiger partial charge on any atom is -0.444 e. The molecule has 8 heteroatoms. The van der Waals surface area contributed by atoms with Gasteiger partial charge in [-0.15, -0.1) is 0 Å². The Morgan fingerprint density at radius 1 is 1.19 bits per heavy atom. The number of carbonyl (C=O) groups excluding carboxylic acids is 2. The average molecular weight is 487 g/mol. The molecule has 3 atom stereocenters. The summed E-state index contributed by atoms with van der Waals surface area (Å²) in [6, 6.07) is 2.04. The van der Waals surface area contributed by atoms with Crippen molar-refractivity contribution in [3.05, 3.63) is 33.6 Å². The van der Waals surface area contributed by atoms with Crippen LogP contribution in [0.5, 0.6) is 0 Å². The Kier molecular flexibility index (Phi) is 7.66. The molecule has 2 N–H and O–H groups in total. The summed E-state index contributed by atoms with van der Waals surface area (Å²) in [7, 11) is 0. The highest BCUT2D eigenvalue weighted by molar-refractivity contribution is 6.42. The molecule has 1 aromatic rings. The third-order valence-electron chi connectivity index (χ3n) is 6.62. The summed E-state index contributed by atoms with van der Waals surface area (Å²) in [5.41, 5.74) is -0.625. The molecule has 0 saturated heterocycles. The van der Waals surface area contributed by atoms with Crippen LogP contribution >= 0.6 is 23.2 Å². The van der Waals surface area contributed by atoms with E-state index in [2.05, 4.69) is 17.6 Å². The lowest BCUT2D eigenvalue weighted by Gasteiger charge is -2.36. The van der Waals surface area contributed by atoms with E-state index in [0.717, 1.165) is 25.7 Å². The van der Waals surface area contributed by atoms with Gasteiger partial charge in [0.25, 0.3) is 0 Å². The van der Waals surface area contributed by atoms with Gasteiger partial charge >= 0.3 is 6.09 Å². The fourth-order valence-corrected chi connectivity index (χ4v) is 5.39. The first kappa shape index (κ1) is 25.1. The summed E-state index contributed by atoms with van der Waals surface area (Å²) in [5.74, 6) is -0.885. The van der Waals surface area contributed by atoms with Crippen molar-refractivity contribution in [1.82, 2.24) is 10.6 Å². The molecule has 2 aliphatic rings. The first-order valence-corrected chi connectivity index (χ1v) is 12.1. The van der Waals surface area contributed by atoms with Gasteiger partial charge in [-0.3, -0.25) is 4.79 Å². The number of amides is 2. The molecule has 3 rings (SSSR count). The number of halogens is 3. The Labute approximate surface area is 199 Å². The van der Waals surface area contributed by atoms with E-state index in [1.165, 1.54) is 12.1 Å². The van der Waals surface area contributed by atoms with Crippen molar-refractivity contribution in [3.63, 3.8) is 0 Å². The summed E-state index contributed by atoms with van der Waals surface area (Å²) >= 11 is 12.6. The second-order valence-corrected chi connectivity index (χ2v) is 11.2. The Morgan fingerprint density at radius 3 is 2.47 bits per heavy atom. The Bertz CT molecular complexity index is 866. The molecule has 0 heterocycles. The van der Waals surface area contributed by atoms with E-state index in [9.17, 15) is 14.0 Å². The number of alkyl carbamates (subject to hydrolysis) is 1. The molecule has 2 fully saturated rings. The molecule has 0 bridgehead atoms. The molecule has 0 aliphatic heterocycles. The Balaban J connectivity index is 1.73. The fourth-order valence-electron chi connectivity index (χ4n) is 4.96. The van der Waals surface area contributed by atoms with E-state index in [1.54, 1.807) is 20.8 Å². The second kappa shape index (κ2) is 9.76. The Hall–Kier alpha value is -1.53. The number of rotatable bonds is 5. The number of ether oxygens (including phenoxy) is 1. The van der Waals surface area contributed by atoms with Gasteiger partial charge in [-0.1, -0.05) is 43.0 Å². The molecule has 0 spiro atoms. The topological polar surface area (TPSA) is 67.4 Å². The van der Waals surface area contributed by atoms with Crippen LogP contribution in [0.15, 0.2) is 12.1 Å². The number of benzene rings is 1. The first-order valence-electron chi connectivity index (χ1n) is 11.3. The SMILES string of the molecule is CC(C)(C)OC(=O)N[C@@H]1CC[C@@H](C(=O)N[C@H](c2c(F)ccc(Cl)c2Cl)C2(C)CCCC2)C1. The minimum absolute atomic E-state index is 0.132. The van der Waals surface area contributed by atoms with E-state index in [1.807, 2.05) is 0 Å². The molecule has 0 aromatic heterocycles. The van der Waals surface area contributed by atoms with Gasteiger partial charge < -0.3 is 15.4 Å². The van der Waals surface area contributed by atoms with E-state index in [-0.39, 0.29) is 38.9 Å². The molecule has 2 saturated carbocycles. The van der Waals surface area contributed by atoms with Crippen LogP contribution in [0, 0.1) is 17.2 Å². The number of carbonyl (C=O) groups is 2.